The Hall–Kier alpha value is -2.03. The van der Waals surface area contributed by atoms with E-state index in [-0.39, 0.29) is 24.0 Å². The Kier molecular flexibility index (Phi) is 12.1. The molecule has 0 saturated carbocycles. The molecule has 0 saturated heterocycles. The third kappa shape index (κ3) is 8.47. The quantitative estimate of drug-likeness (QED) is 0.289. The van der Waals surface area contributed by atoms with E-state index in [2.05, 4.69) is 45.7 Å². The molecule has 0 spiro atoms. The largest absolute Gasteiger partial charge is 0.490 e. The summed E-state index contributed by atoms with van der Waals surface area (Å²) in [7, 11) is 1.79. The molecule has 0 atom stereocenters. The molecule has 7 heteroatoms. The third-order valence-corrected chi connectivity index (χ3v) is 4.36. The fourth-order valence-electron chi connectivity index (χ4n) is 2.90. The lowest BCUT2D eigenvalue weighted by atomic mass is 10.1. The summed E-state index contributed by atoms with van der Waals surface area (Å²) < 4.78 is 11.3. The lowest BCUT2D eigenvalue weighted by molar-refractivity contribution is 0.287. The van der Waals surface area contributed by atoms with Crippen LogP contribution < -0.4 is 20.1 Å². The minimum Gasteiger partial charge on any atom is -0.490 e. The van der Waals surface area contributed by atoms with Crippen LogP contribution in [-0.4, -0.2) is 44.3 Å². The van der Waals surface area contributed by atoms with Gasteiger partial charge in [-0.1, -0.05) is 6.07 Å². The molecule has 0 aliphatic heterocycles. The molecule has 1 aromatic heterocycles. The lowest BCUT2D eigenvalue weighted by Crippen LogP contribution is -2.39. The first-order valence-electron chi connectivity index (χ1n) is 9.90. The first-order chi connectivity index (χ1) is 13.7. The van der Waals surface area contributed by atoms with Gasteiger partial charge in [0.1, 0.15) is 0 Å². The number of nitrogens with one attached hydrogen (secondary N) is 2. The van der Waals surface area contributed by atoms with E-state index in [0.717, 1.165) is 43.4 Å². The van der Waals surface area contributed by atoms with Gasteiger partial charge in [-0.25, -0.2) is 0 Å². The maximum Gasteiger partial charge on any atom is 0.190 e. The number of nitrogens with zero attached hydrogens (tertiary/aromatic N) is 2. The van der Waals surface area contributed by atoms with Gasteiger partial charge < -0.3 is 20.1 Å². The Morgan fingerprint density at radius 1 is 1.00 bits per heavy atom. The van der Waals surface area contributed by atoms with Gasteiger partial charge >= 0.3 is 0 Å². The molecule has 0 aliphatic rings. The highest BCUT2D eigenvalue weighted by Crippen LogP contribution is 2.28. The first kappa shape index (κ1) is 25.0. The second kappa shape index (κ2) is 14.0. The van der Waals surface area contributed by atoms with Crippen molar-refractivity contribution in [2.45, 2.75) is 33.6 Å². The summed E-state index contributed by atoms with van der Waals surface area (Å²) in [6, 6.07) is 8.18. The van der Waals surface area contributed by atoms with Gasteiger partial charge in [-0.05, 0) is 68.5 Å². The number of hydrogen-bond acceptors (Lipinski definition) is 4. The minimum atomic E-state index is 0. The van der Waals surface area contributed by atoms with E-state index in [9.17, 15) is 0 Å². The number of rotatable bonds is 10. The number of ether oxygens (including phenoxy) is 2. The maximum atomic E-state index is 5.70. The summed E-state index contributed by atoms with van der Waals surface area (Å²) in [6.45, 7) is 8.89. The van der Waals surface area contributed by atoms with Crippen molar-refractivity contribution in [1.82, 2.24) is 15.6 Å². The maximum absolute atomic E-state index is 5.70. The van der Waals surface area contributed by atoms with Crippen molar-refractivity contribution in [3.8, 4) is 11.5 Å². The Balaban J connectivity index is 0.00000420. The van der Waals surface area contributed by atoms with Crippen molar-refractivity contribution in [1.29, 1.82) is 0 Å². The van der Waals surface area contributed by atoms with Gasteiger partial charge in [-0.3, -0.25) is 9.98 Å². The number of guanidine groups is 1. The van der Waals surface area contributed by atoms with Crippen LogP contribution in [0.5, 0.6) is 11.5 Å². The van der Waals surface area contributed by atoms with Gasteiger partial charge in [0.2, 0.25) is 0 Å². The molecular weight excluding hydrogens is 479 g/mol. The summed E-state index contributed by atoms with van der Waals surface area (Å²) in [5.74, 6) is 2.41. The van der Waals surface area contributed by atoms with Crippen molar-refractivity contribution in [3.05, 3.63) is 53.3 Å². The van der Waals surface area contributed by atoms with Gasteiger partial charge in [0.15, 0.2) is 17.5 Å². The van der Waals surface area contributed by atoms with Gasteiger partial charge in [0, 0.05) is 32.5 Å². The van der Waals surface area contributed by atoms with E-state index in [0.29, 0.717) is 13.2 Å². The molecule has 0 bridgehead atoms. The van der Waals surface area contributed by atoms with Crippen molar-refractivity contribution >= 4 is 29.9 Å². The molecule has 2 rings (SSSR count). The lowest BCUT2D eigenvalue weighted by Gasteiger charge is -2.14. The summed E-state index contributed by atoms with van der Waals surface area (Å²) in [4.78, 5) is 8.43. The second-order valence-corrected chi connectivity index (χ2v) is 6.38. The predicted octanol–water partition coefficient (Wildman–Crippen LogP) is 3.76. The molecule has 2 N–H and O–H groups in total. The van der Waals surface area contributed by atoms with Crippen LogP contribution in [0.1, 0.15) is 30.5 Å². The minimum absolute atomic E-state index is 0. The van der Waals surface area contributed by atoms with Crippen molar-refractivity contribution < 1.29 is 9.47 Å². The zero-order valence-electron chi connectivity index (χ0n) is 17.8. The Bertz CT molecular complexity index is 768. The molecule has 6 nitrogen and oxygen atoms in total. The zero-order valence-corrected chi connectivity index (χ0v) is 20.2. The van der Waals surface area contributed by atoms with Crippen molar-refractivity contribution in [2.75, 3.05) is 33.4 Å². The van der Waals surface area contributed by atoms with E-state index in [1.54, 1.807) is 7.05 Å². The van der Waals surface area contributed by atoms with E-state index in [1.807, 2.05) is 32.3 Å². The summed E-state index contributed by atoms with van der Waals surface area (Å²) in [5, 5.41) is 6.73. The molecule has 0 fully saturated rings. The fraction of sp³-hybridized carbons (Fsp3) is 0.455. The highest BCUT2D eigenvalue weighted by molar-refractivity contribution is 14.0. The molecule has 2 aromatic rings. The van der Waals surface area contributed by atoms with Crippen LogP contribution in [0.25, 0.3) is 0 Å². The molecule has 0 aliphatic carbocycles. The molecule has 0 unspecified atom stereocenters. The van der Waals surface area contributed by atoms with Crippen LogP contribution in [-0.2, 0) is 12.8 Å². The average Bonchev–Trinajstić information content (AvgIpc) is 2.70. The number of hydrogen-bond donors (Lipinski definition) is 2. The van der Waals surface area contributed by atoms with Crippen LogP contribution in [0, 0.1) is 6.92 Å². The molecule has 29 heavy (non-hydrogen) atoms. The number of aryl methyl sites for hydroxylation is 1. The fourth-order valence-corrected chi connectivity index (χ4v) is 2.90. The molecule has 0 radical (unpaired) electrons. The second-order valence-electron chi connectivity index (χ2n) is 6.38. The normalized spacial score (nSPS) is 10.8. The van der Waals surface area contributed by atoms with Crippen LogP contribution >= 0.6 is 24.0 Å². The molecule has 1 heterocycles. The first-order valence-corrected chi connectivity index (χ1v) is 9.90. The SMILES string of the molecule is CCOc1ccc(CCNC(=NC)NCCc2ccncc2C)cc1OCC.I. The Morgan fingerprint density at radius 2 is 1.69 bits per heavy atom. The van der Waals surface area contributed by atoms with E-state index < -0.39 is 0 Å². The van der Waals surface area contributed by atoms with Crippen LogP contribution in [0.2, 0.25) is 0 Å². The summed E-state index contributed by atoms with van der Waals surface area (Å²) in [6.07, 6.45) is 5.54. The van der Waals surface area contributed by atoms with E-state index >= 15 is 0 Å². The number of aromatic nitrogens is 1. The Morgan fingerprint density at radius 3 is 2.34 bits per heavy atom. The van der Waals surface area contributed by atoms with Gasteiger partial charge in [0.05, 0.1) is 13.2 Å². The van der Waals surface area contributed by atoms with Crippen molar-refractivity contribution in [2.24, 2.45) is 4.99 Å². The highest BCUT2D eigenvalue weighted by atomic mass is 127. The standard InChI is InChI=1S/C22H32N4O2.HI/c1-5-27-20-8-7-18(15-21(20)28-6-2)9-13-25-22(23-4)26-14-11-19-10-12-24-16-17(19)3;/h7-8,10,12,15-16H,5-6,9,11,13-14H2,1-4H3,(H2,23,25,26);1H. The zero-order chi connectivity index (χ0) is 20.2. The summed E-state index contributed by atoms with van der Waals surface area (Å²) in [5.41, 5.74) is 3.71. The molecule has 0 amide bonds. The van der Waals surface area contributed by atoms with Gasteiger partial charge in [-0.15, -0.1) is 24.0 Å². The monoisotopic (exact) mass is 512 g/mol. The number of halogens is 1. The average molecular weight is 512 g/mol. The van der Waals surface area contributed by atoms with Crippen LogP contribution in [0.15, 0.2) is 41.7 Å². The van der Waals surface area contributed by atoms with Crippen LogP contribution in [0.4, 0.5) is 0 Å². The number of pyridine rings is 1. The topological polar surface area (TPSA) is 67.8 Å². The number of aliphatic imine (C=N–C) groups is 1. The van der Waals surface area contributed by atoms with Gasteiger partial charge in [0.25, 0.3) is 0 Å². The van der Waals surface area contributed by atoms with E-state index in [4.69, 9.17) is 9.47 Å². The highest BCUT2D eigenvalue weighted by Gasteiger charge is 2.06. The van der Waals surface area contributed by atoms with Gasteiger partial charge in [-0.2, -0.15) is 0 Å². The smallest absolute Gasteiger partial charge is 0.190 e. The Labute approximate surface area is 191 Å². The van der Waals surface area contributed by atoms with Crippen LogP contribution in [0.3, 0.4) is 0 Å². The predicted molar refractivity (Wildman–Crippen MR) is 130 cm³/mol. The molecular formula is C22H33IN4O2. The molecule has 1 aromatic carbocycles. The van der Waals surface area contributed by atoms with Crippen molar-refractivity contribution in [3.63, 3.8) is 0 Å². The number of benzene rings is 1. The molecule has 160 valence electrons. The van der Waals surface area contributed by atoms with E-state index in [1.165, 1.54) is 16.7 Å². The third-order valence-electron chi connectivity index (χ3n) is 4.36. The summed E-state index contributed by atoms with van der Waals surface area (Å²) >= 11 is 0.